The molecular formula is C32H41N3O3. The number of aliphatic hydroxyl groups is 1. The fourth-order valence-corrected chi connectivity index (χ4v) is 6.94. The van der Waals surface area contributed by atoms with Crippen LogP contribution in [0, 0.1) is 0 Å². The van der Waals surface area contributed by atoms with Crippen molar-refractivity contribution in [3.63, 3.8) is 0 Å². The lowest BCUT2D eigenvalue weighted by atomic mass is 9.71. The normalized spacial score (nSPS) is 22.4. The first-order valence-electron chi connectivity index (χ1n) is 14.8. The van der Waals surface area contributed by atoms with Crippen LogP contribution in [0.2, 0.25) is 0 Å². The number of carbonyl (C=O) groups excluding carboxylic acids is 2. The van der Waals surface area contributed by atoms with Crippen molar-refractivity contribution in [3.8, 4) is 11.1 Å². The standard InChI is InChI=1S/C32H41N3O3/c36-29(34-19-21-35(22-20-34)30(37)32(38)17-18-32)25-13-11-24(12-14-25)26-9-8-10-27-28(26)31(23-33-27)15-6-4-2-1-3-5-7-16-31/h8-14,33,38H,1-7,15-23H2. The van der Waals surface area contributed by atoms with E-state index in [1.165, 1.54) is 80.2 Å². The molecule has 0 unspecified atom stereocenters. The number of nitrogens with one attached hydrogen (secondary N) is 1. The van der Waals surface area contributed by atoms with Gasteiger partial charge in [-0.05, 0) is 60.6 Å². The monoisotopic (exact) mass is 515 g/mol. The zero-order chi connectivity index (χ0) is 26.2. The molecule has 2 heterocycles. The fraction of sp³-hybridized carbons (Fsp3) is 0.562. The molecule has 2 aliphatic carbocycles. The molecule has 2 aromatic rings. The Kier molecular flexibility index (Phi) is 6.93. The molecule has 1 spiro atoms. The summed E-state index contributed by atoms with van der Waals surface area (Å²) in [5.74, 6) is -0.162. The highest BCUT2D eigenvalue weighted by Gasteiger charge is 2.50. The quantitative estimate of drug-likeness (QED) is 0.578. The smallest absolute Gasteiger partial charge is 0.254 e. The molecule has 2 saturated carbocycles. The van der Waals surface area contributed by atoms with E-state index in [4.69, 9.17) is 0 Å². The predicted octanol–water partition coefficient (Wildman–Crippen LogP) is 5.35. The summed E-state index contributed by atoms with van der Waals surface area (Å²) in [6.45, 7) is 3.00. The summed E-state index contributed by atoms with van der Waals surface area (Å²) in [4.78, 5) is 29.2. The third kappa shape index (κ3) is 4.84. The number of rotatable bonds is 3. The topological polar surface area (TPSA) is 72.9 Å². The number of carbonyl (C=O) groups is 2. The van der Waals surface area contributed by atoms with Gasteiger partial charge in [-0.1, -0.05) is 69.2 Å². The van der Waals surface area contributed by atoms with Gasteiger partial charge in [0.2, 0.25) is 0 Å². The van der Waals surface area contributed by atoms with Crippen LogP contribution < -0.4 is 5.32 Å². The third-order valence-electron chi connectivity index (χ3n) is 9.44. The summed E-state index contributed by atoms with van der Waals surface area (Å²) in [5.41, 5.74) is 4.99. The Morgan fingerprint density at radius 3 is 1.97 bits per heavy atom. The molecule has 2 aliphatic heterocycles. The van der Waals surface area contributed by atoms with Gasteiger partial charge in [0.1, 0.15) is 5.60 Å². The number of amides is 2. The van der Waals surface area contributed by atoms with Gasteiger partial charge in [-0.25, -0.2) is 0 Å². The minimum Gasteiger partial charge on any atom is -0.384 e. The molecule has 202 valence electrons. The summed E-state index contributed by atoms with van der Waals surface area (Å²) in [7, 11) is 0. The molecule has 1 saturated heterocycles. The summed E-state index contributed by atoms with van der Waals surface area (Å²) >= 11 is 0. The van der Waals surface area contributed by atoms with Gasteiger partial charge in [0.25, 0.3) is 11.8 Å². The van der Waals surface area contributed by atoms with Crippen LogP contribution in [0.25, 0.3) is 11.1 Å². The number of fused-ring (bicyclic) bond motifs is 2. The van der Waals surface area contributed by atoms with Gasteiger partial charge in [-0.15, -0.1) is 0 Å². The average Bonchev–Trinajstić information content (AvgIpc) is 3.62. The molecule has 2 aromatic carbocycles. The molecule has 2 N–H and O–H groups in total. The van der Waals surface area contributed by atoms with Gasteiger partial charge in [-0.2, -0.15) is 0 Å². The molecule has 0 radical (unpaired) electrons. The SMILES string of the molecule is O=C(c1ccc(-c2cccc3c2C2(CCCCCCCCC2)CN3)cc1)N1CCN(C(=O)C2(O)CC2)CC1. The van der Waals surface area contributed by atoms with Crippen molar-refractivity contribution in [2.75, 3.05) is 38.0 Å². The molecule has 6 rings (SSSR count). The second kappa shape index (κ2) is 10.4. The lowest BCUT2D eigenvalue weighted by Gasteiger charge is -2.35. The Hall–Kier alpha value is -2.86. The maximum Gasteiger partial charge on any atom is 0.254 e. The van der Waals surface area contributed by atoms with Crippen molar-refractivity contribution in [2.24, 2.45) is 0 Å². The van der Waals surface area contributed by atoms with Crippen molar-refractivity contribution in [2.45, 2.75) is 81.6 Å². The molecule has 38 heavy (non-hydrogen) atoms. The van der Waals surface area contributed by atoms with Crippen LogP contribution in [0.15, 0.2) is 42.5 Å². The van der Waals surface area contributed by atoms with Crippen molar-refractivity contribution >= 4 is 17.5 Å². The lowest BCUT2D eigenvalue weighted by molar-refractivity contribution is -0.143. The van der Waals surface area contributed by atoms with Crippen LogP contribution >= 0.6 is 0 Å². The lowest BCUT2D eigenvalue weighted by Crippen LogP contribution is -2.53. The summed E-state index contributed by atoms with van der Waals surface area (Å²) in [5, 5.41) is 13.9. The van der Waals surface area contributed by atoms with Gasteiger partial charge in [0.05, 0.1) is 0 Å². The second-order valence-electron chi connectivity index (χ2n) is 12.0. The highest BCUT2D eigenvalue weighted by molar-refractivity contribution is 5.95. The van der Waals surface area contributed by atoms with Gasteiger partial charge in [-0.3, -0.25) is 9.59 Å². The summed E-state index contributed by atoms with van der Waals surface area (Å²) in [6.07, 6.45) is 13.0. The van der Waals surface area contributed by atoms with E-state index in [0.29, 0.717) is 44.6 Å². The molecule has 2 amide bonds. The number of hydrogen-bond acceptors (Lipinski definition) is 4. The predicted molar refractivity (Wildman–Crippen MR) is 150 cm³/mol. The Bertz CT molecular complexity index is 1170. The van der Waals surface area contributed by atoms with E-state index in [1.54, 1.807) is 4.90 Å². The van der Waals surface area contributed by atoms with E-state index in [-0.39, 0.29) is 17.2 Å². The first-order valence-corrected chi connectivity index (χ1v) is 14.8. The van der Waals surface area contributed by atoms with Crippen LogP contribution in [0.4, 0.5) is 5.69 Å². The molecular weight excluding hydrogens is 474 g/mol. The summed E-state index contributed by atoms with van der Waals surface area (Å²) in [6, 6.07) is 14.8. The molecule has 0 aromatic heterocycles. The van der Waals surface area contributed by atoms with Crippen molar-refractivity contribution < 1.29 is 14.7 Å². The maximum absolute atomic E-state index is 13.3. The van der Waals surface area contributed by atoms with Crippen LogP contribution in [-0.4, -0.2) is 65.0 Å². The molecule has 0 atom stereocenters. The molecule has 0 bridgehead atoms. The highest BCUT2D eigenvalue weighted by atomic mass is 16.3. The first-order chi connectivity index (χ1) is 18.5. The van der Waals surface area contributed by atoms with Gasteiger partial charge >= 0.3 is 0 Å². The number of anilines is 1. The Balaban J connectivity index is 1.18. The Labute approximate surface area is 226 Å². The van der Waals surface area contributed by atoms with E-state index in [9.17, 15) is 14.7 Å². The number of benzene rings is 2. The largest absolute Gasteiger partial charge is 0.384 e. The van der Waals surface area contributed by atoms with Crippen molar-refractivity contribution in [1.29, 1.82) is 0 Å². The molecule has 4 aliphatic rings. The molecule has 6 heteroatoms. The van der Waals surface area contributed by atoms with Crippen LogP contribution in [0.5, 0.6) is 0 Å². The maximum atomic E-state index is 13.3. The van der Waals surface area contributed by atoms with Gasteiger partial charge in [0, 0.05) is 49.4 Å². The Morgan fingerprint density at radius 2 is 1.34 bits per heavy atom. The van der Waals surface area contributed by atoms with E-state index in [0.717, 1.165) is 6.54 Å². The Morgan fingerprint density at radius 1 is 0.737 bits per heavy atom. The zero-order valence-electron chi connectivity index (χ0n) is 22.5. The minimum absolute atomic E-state index is 0.0116. The first kappa shape index (κ1) is 25.4. The highest BCUT2D eigenvalue weighted by Crippen LogP contribution is 2.49. The average molecular weight is 516 g/mol. The molecule has 6 nitrogen and oxygen atoms in total. The summed E-state index contributed by atoms with van der Waals surface area (Å²) < 4.78 is 0. The van der Waals surface area contributed by atoms with Crippen molar-refractivity contribution in [3.05, 3.63) is 53.6 Å². The van der Waals surface area contributed by atoms with E-state index in [1.807, 2.05) is 17.0 Å². The van der Waals surface area contributed by atoms with Crippen molar-refractivity contribution in [1.82, 2.24) is 9.80 Å². The van der Waals surface area contributed by atoms with Crippen LogP contribution in [0.3, 0.4) is 0 Å². The zero-order valence-corrected chi connectivity index (χ0v) is 22.5. The number of piperazine rings is 1. The number of hydrogen-bond donors (Lipinski definition) is 2. The van der Waals surface area contributed by atoms with Crippen LogP contribution in [0.1, 0.15) is 86.6 Å². The number of nitrogens with zero attached hydrogens (tertiary/aromatic N) is 2. The van der Waals surface area contributed by atoms with E-state index < -0.39 is 5.60 Å². The van der Waals surface area contributed by atoms with Gasteiger partial charge < -0.3 is 20.2 Å². The molecule has 3 fully saturated rings. The second-order valence-corrected chi connectivity index (χ2v) is 12.0. The van der Waals surface area contributed by atoms with Crippen LogP contribution in [-0.2, 0) is 10.2 Å². The van der Waals surface area contributed by atoms with E-state index in [2.05, 4.69) is 35.6 Å². The fourth-order valence-electron chi connectivity index (χ4n) is 6.94. The third-order valence-corrected chi connectivity index (χ3v) is 9.44. The van der Waals surface area contributed by atoms with Gasteiger partial charge in [0.15, 0.2) is 0 Å². The van der Waals surface area contributed by atoms with E-state index >= 15 is 0 Å². The minimum atomic E-state index is -1.14.